The number of methoxy groups -OCH3 is 1. The van der Waals surface area contributed by atoms with E-state index in [0.29, 0.717) is 18.4 Å². The van der Waals surface area contributed by atoms with E-state index in [4.69, 9.17) is 4.74 Å². The number of hydrogen-bond acceptors (Lipinski definition) is 4. The third kappa shape index (κ3) is 3.68. The summed E-state index contributed by atoms with van der Waals surface area (Å²) < 4.78 is 33.0. The molecule has 1 aliphatic carbocycles. The fraction of sp³-hybridized carbons (Fsp3) is 0.435. The second kappa shape index (κ2) is 8.32. The van der Waals surface area contributed by atoms with Gasteiger partial charge in [0.15, 0.2) is 17.4 Å². The molecular weight excluding hydrogens is 388 g/mol. The number of halogens is 2. The molecule has 1 fully saturated rings. The van der Waals surface area contributed by atoms with Gasteiger partial charge in [-0.25, -0.2) is 8.78 Å². The number of fused-ring (bicyclic) bond motifs is 1. The van der Waals surface area contributed by atoms with E-state index in [1.807, 2.05) is 12.1 Å². The Bertz CT molecular complexity index is 896. The molecule has 1 N–H and O–H groups in total. The van der Waals surface area contributed by atoms with Crippen molar-refractivity contribution in [3.63, 3.8) is 0 Å². The van der Waals surface area contributed by atoms with E-state index in [1.54, 1.807) is 11.9 Å². The predicted molar refractivity (Wildman–Crippen MR) is 110 cm³/mol. The molecule has 0 saturated carbocycles. The molecular formula is C23H27F2N3O2. The fourth-order valence-corrected chi connectivity index (χ4v) is 4.80. The summed E-state index contributed by atoms with van der Waals surface area (Å²) in [6, 6.07) is 10.6. The Morgan fingerprint density at radius 1 is 1.13 bits per heavy atom. The lowest BCUT2D eigenvalue weighted by atomic mass is 9.90. The van der Waals surface area contributed by atoms with E-state index < -0.39 is 22.9 Å². The minimum absolute atomic E-state index is 0.0164. The summed E-state index contributed by atoms with van der Waals surface area (Å²) in [5.41, 5.74) is 2.12. The summed E-state index contributed by atoms with van der Waals surface area (Å²) in [6.07, 6.45) is 1.30. The molecule has 1 heterocycles. The number of likely N-dealkylation sites (N-methyl/N-ethyl adjacent to an activating group) is 1. The SMILES string of the molecule is COc1c(F)cc(CN(C)C(=O)C2(N3CCNCC3)Cc3ccccc3C2)cc1F. The molecule has 0 atom stereocenters. The highest BCUT2D eigenvalue weighted by Gasteiger charge is 2.49. The van der Waals surface area contributed by atoms with Gasteiger partial charge in [-0.1, -0.05) is 24.3 Å². The molecule has 4 rings (SSSR count). The van der Waals surface area contributed by atoms with Crippen LogP contribution < -0.4 is 10.1 Å². The quantitative estimate of drug-likeness (QED) is 0.815. The van der Waals surface area contributed by atoms with Crippen molar-refractivity contribution in [3.05, 3.63) is 64.7 Å². The lowest BCUT2D eigenvalue weighted by molar-refractivity contribution is -0.144. The largest absolute Gasteiger partial charge is 0.491 e. The Hall–Kier alpha value is -2.51. The topological polar surface area (TPSA) is 44.8 Å². The summed E-state index contributed by atoms with van der Waals surface area (Å²) in [5, 5.41) is 3.35. The number of carbonyl (C=O) groups excluding carboxylic acids is 1. The average Bonchev–Trinajstić information content (AvgIpc) is 3.14. The molecule has 1 amide bonds. The van der Waals surface area contributed by atoms with Crippen LogP contribution in [0.3, 0.4) is 0 Å². The lowest BCUT2D eigenvalue weighted by Crippen LogP contribution is -2.63. The van der Waals surface area contributed by atoms with Crippen molar-refractivity contribution < 1.29 is 18.3 Å². The second-order valence-corrected chi connectivity index (χ2v) is 8.14. The summed E-state index contributed by atoms with van der Waals surface area (Å²) >= 11 is 0. The molecule has 2 aromatic rings. The minimum atomic E-state index is -0.765. The molecule has 160 valence electrons. The number of piperazine rings is 1. The zero-order valence-electron chi connectivity index (χ0n) is 17.4. The van der Waals surface area contributed by atoms with Crippen LogP contribution in [0.4, 0.5) is 8.78 Å². The third-order valence-electron chi connectivity index (χ3n) is 6.23. The first-order chi connectivity index (χ1) is 14.4. The molecule has 0 radical (unpaired) electrons. The van der Waals surface area contributed by atoms with Gasteiger partial charge in [-0.05, 0) is 28.8 Å². The number of ether oxygens (including phenoxy) is 1. The highest BCUT2D eigenvalue weighted by Crippen LogP contribution is 2.37. The van der Waals surface area contributed by atoms with Crippen molar-refractivity contribution in [3.8, 4) is 5.75 Å². The standard InChI is InChI=1S/C23H27F2N3O2/c1-27(15-16-11-19(24)21(30-2)20(25)12-16)22(29)23(28-9-7-26-8-10-28)13-17-5-3-4-6-18(17)14-23/h3-6,11-12,26H,7-10,13-15H2,1-2H3. The number of hydrogen-bond donors (Lipinski definition) is 1. The molecule has 30 heavy (non-hydrogen) atoms. The number of nitrogens with zero attached hydrogens (tertiary/aromatic N) is 2. The zero-order valence-corrected chi connectivity index (χ0v) is 17.4. The van der Waals surface area contributed by atoms with E-state index in [0.717, 1.165) is 26.2 Å². The van der Waals surface area contributed by atoms with Crippen molar-refractivity contribution in [1.82, 2.24) is 15.1 Å². The first-order valence-electron chi connectivity index (χ1n) is 10.2. The Morgan fingerprint density at radius 2 is 1.70 bits per heavy atom. The molecule has 0 unspecified atom stereocenters. The molecule has 2 aliphatic rings. The summed E-state index contributed by atoms with van der Waals surface area (Å²) in [7, 11) is 2.93. The van der Waals surface area contributed by atoms with Gasteiger partial charge in [0.25, 0.3) is 0 Å². The van der Waals surface area contributed by atoms with Gasteiger partial charge in [0, 0.05) is 52.6 Å². The number of benzene rings is 2. The number of amides is 1. The maximum absolute atomic E-state index is 14.1. The van der Waals surface area contributed by atoms with Crippen molar-refractivity contribution in [2.45, 2.75) is 24.9 Å². The van der Waals surface area contributed by atoms with Gasteiger partial charge in [-0.2, -0.15) is 0 Å². The van der Waals surface area contributed by atoms with Crippen molar-refractivity contribution >= 4 is 5.91 Å². The molecule has 5 nitrogen and oxygen atoms in total. The van der Waals surface area contributed by atoms with Crippen molar-refractivity contribution in [2.24, 2.45) is 0 Å². The highest BCUT2D eigenvalue weighted by atomic mass is 19.1. The van der Waals surface area contributed by atoms with Gasteiger partial charge >= 0.3 is 0 Å². The Morgan fingerprint density at radius 3 is 2.23 bits per heavy atom. The lowest BCUT2D eigenvalue weighted by Gasteiger charge is -2.44. The van der Waals surface area contributed by atoms with Crippen LogP contribution in [-0.2, 0) is 24.2 Å². The molecule has 7 heteroatoms. The second-order valence-electron chi connectivity index (χ2n) is 8.14. The van der Waals surface area contributed by atoms with Gasteiger partial charge in [0.05, 0.1) is 7.11 Å². The fourth-order valence-electron chi connectivity index (χ4n) is 4.80. The molecule has 0 spiro atoms. The monoisotopic (exact) mass is 415 g/mol. The van der Waals surface area contributed by atoms with E-state index >= 15 is 0 Å². The van der Waals surface area contributed by atoms with Gasteiger partial charge in [-0.3, -0.25) is 9.69 Å². The van der Waals surface area contributed by atoms with Crippen molar-refractivity contribution in [1.29, 1.82) is 0 Å². The molecule has 2 aromatic carbocycles. The smallest absolute Gasteiger partial charge is 0.243 e. The maximum atomic E-state index is 14.1. The van der Waals surface area contributed by atoms with E-state index in [9.17, 15) is 13.6 Å². The molecule has 0 bridgehead atoms. The molecule has 0 aromatic heterocycles. The maximum Gasteiger partial charge on any atom is 0.243 e. The Labute approximate surface area is 175 Å². The van der Waals surface area contributed by atoms with Crippen LogP contribution in [0.25, 0.3) is 0 Å². The molecule has 1 saturated heterocycles. The van der Waals surface area contributed by atoms with Gasteiger partial charge < -0.3 is 15.0 Å². The highest BCUT2D eigenvalue weighted by molar-refractivity contribution is 5.88. The number of rotatable bonds is 5. The summed E-state index contributed by atoms with van der Waals surface area (Å²) in [4.78, 5) is 17.7. The van der Waals surface area contributed by atoms with Crippen LogP contribution in [0.15, 0.2) is 36.4 Å². The summed E-state index contributed by atoms with van der Waals surface area (Å²) in [6.45, 7) is 3.38. The van der Waals surface area contributed by atoms with E-state index in [1.165, 1.54) is 30.4 Å². The van der Waals surface area contributed by atoms with Crippen LogP contribution in [-0.4, -0.2) is 61.6 Å². The minimum Gasteiger partial charge on any atom is -0.491 e. The van der Waals surface area contributed by atoms with Gasteiger partial charge in [-0.15, -0.1) is 0 Å². The van der Waals surface area contributed by atoms with Gasteiger partial charge in [0.2, 0.25) is 5.91 Å². The summed E-state index contributed by atoms with van der Waals surface area (Å²) in [5.74, 6) is -1.95. The number of carbonyl (C=O) groups is 1. The number of nitrogens with one attached hydrogen (secondary N) is 1. The van der Waals surface area contributed by atoms with Crippen LogP contribution in [0.2, 0.25) is 0 Å². The molecule has 1 aliphatic heterocycles. The Balaban J connectivity index is 1.61. The van der Waals surface area contributed by atoms with E-state index in [2.05, 4.69) is 22.3 Å². The Kier molecular flexibility index (Phi) is 5.75. The van der Waals surface area contributed by atoms with Crippen LogP contribution in [0.5, 0.6) is 5.75 Å². The third-order valence-corrected chi connectivity index (χ3v) is 6.23. The normalized spacial score (nSPS) is 18.1. The zero-order chi connectivity index (χ0) is 21.3. The van der Waals surface area contributed by atoms with Crippen molar-refractivity contribution in [2.75, 3.05) is 40.3 Å². The van der Waals surface area contributed by atoms with Crippen LogP contribution >= 0.6 is 0 Å². The van der Waals surface area contributed by atoms with E-state index in [-0.39, 0.29) is 12.5 Å². The first kappa shape index (κ1) is 20.8. The predicted octanol–water partition coefficient (Wildman–Crippen LogP) is 2.37. The van der Waals surface area contributed by atoms with Gasteiger partial charge in [0.1, 0.15) is 5.54 Å². The van der Waals surface area contributed by atoms with Crippen LogP contribution in [0.1, 0.15) is 16.7 Å². The average molecular weight is 415 g/mol. The first-order valence-corrected chi connectivity index (χ1v) is 10.2. The van der Waals surface area contributed by atoms with Crippen LogP contribution in [0, 0.1) is 11.6 Å².